The van der Waals surface area contributed by atoms with Gasteiger partial charge in [0.05, 0.1) is 13.7 Å². The Morgan fingerprint density at radius 1 is 0.659 bits per heavy atom. The molecule has 4 N–H and O–H groups in total. The van der Waals surface area contributed by atoms with Crippen LogP contribution in [0.4, 0.5) is 4.79 Å². The largest absolute Gasteiger partial charge is 0.467 e. The Morgan fingerprint density at radius 3 is 1.66 bits per heavy atom. The predicted molar refractivity (Wildman–Crippen MR) is 163 cm³/mol. The van der Waals surface area contributed by atoms with E-state index in [0.29, 0.717) is 11.1 Å². The first-order chi connectivity index (χ1) is 20.9. The molecule has 3 rings (SSSR count). The average Bonchev–Trinajstić information content (AvgIpc) is 3.02. The third-order valence-electron chi connectivity index (χ3n) is 7.10. The van der Waals surface area contributed by atoms with Crippen LogP contribution in [0.15, 0.2) is 78.9 Å². The van der Waals surface area contributed by atoms with Crippen LogP contribution in [0.25, 0.3) is 0 Å². The minimum atomic E-state index is -1.62. The Labute approximate surface area is 256 Å². The van der Waals surface area contributed by atoms with Gasteiger partial charge >= 0.3 is 12.1 Å². The predicted octanol–water partition coefficient (Wildman–Crippen LogP) is 2.88. The second-order valence-corrected chi connectivity index (χ2v) is 10.7. The number of rotatable bonds is 12. The van der Waals surface area contributed by atoms with Gasteiger partial charge in [-0.15, -0.1) is 0 Å². The van der Waals surface area contributed by atoms with Gasteiger partial charge in [0.25, 0.3) is 5.91 Å². The number of ether oxygens (including phenoxy) is 2. The summed E-state index contributed by atoms with van der Waals surface area (Å²) >= 11 is 0. The molecule has 0 spiro atoms. The van der Waals surface area contributed by atoms with Crippen LogP contribution >= 0.6 is 0 Å². The highest BCUT2D eigenvalue weighted by atomic mass is 16.5. The quantitative estimate of drug-likeness (QED) is 0.233. The van der Waals surface area contributed by atoms with Crippen LogP contribution in [0, 0.1) is 13.8 Å². The topological polar surface area (TPSA) is 152 Å². The maximum Gasteiger partial charge on any atom is 0.407 e. The van der Waals surface area contributed by atoms with E-state index in [0.717, 1.165) is 16.7 Å². The molecule has 0 heterocycles. The van der Waals surface area contributed by atoms with Gasteiger partial charge in [-0.1, -0.05) is 90.0 Å². The van der Waals surface area contributed by atoms with Crippen molar-refractivity contribution in [1.82, 2.24) is 21.3 Å². The molecule has 0 aromatic heterocycles. The molecule has 0 saturated carbocycles. The molecule has 0 fully saturated rings. The molecule has 0 unspecified atom stereocenters. The van der Waals surface area contributed by atoms with Gasteiger partial charge in [-0.05, 0) is 44.4 Å². The zero-order valence-corrected chi connectivity index (χ0v) is 25.5. The Kier molecular flexibility index (Phi) is 11.2. The third-order valence-corrected chi connectivity index (χ3v) is 7.10. The molecule has 0 bridgehead atoms. The van der Waals surface area contributed by atoms with Gasteiger partial charge < -0.3 is 30.7 Å². The summed E-state index contributed by atoms with van der Waals surface area (Å²) in [4.78, 5) is 64.3. The van der Waals surface area contributed by atoms with Gasteiger partial charge in [0.15, 0.2) is 5.54 Å². The van der Waals surface area contributed by atoms with Gasteiger partial charge in [-0.25, -0.2) is 9.59 Å². The Bertz CT molecular complexity index is 1480. The molecule has 3 aromatic carbocycles. The minimum absolute atomic E-state index is 0.0266. The van der Waals surface area contributed by atoms with E-state index >= 15 is 0 Å². The van der Waals surface area contributed by atoms with Gasteiger partial charge in [-0.3, -0.25) is 14.4 Å². The van der Waals surface area contributed by atoms with Crippen LogP contribution in [-0.2, 0) is 46.3 Å². The first kappa shape index (κ1) is 33.3. The number of carbonyl (C=O) groups excluding carboxylic acids is 5. The van der Waals surface area contributed by atoms with Gasteiger partial charge in [0.1, 0.15) is 18.7 Å². The lowest BCUT2D eigenvalue weighted by Crippen LogP contribution is -2.58. The van der Waals surface area contributed by atoms with Gasteiger partial charge in [0.2, 0.25) is 11.8 Å². The second-order valence-electron chi connectivity index (χ2n) is 10.7. The summed E-state index contributed by atoms with van der Waals surface area (Å²) in [5.41, 5.74) is 0.495. The number of methoxy groups -OCH3 is 1. The first-order valence-electron chi connectivity index (χ1n) is 13.9. The first-order valence-corrected chi connectivity index (χ1v) is 13.9. The highest BCUT2D eigenvalue weighted by Crippen LogP contribution is 2.24. The van der Waals surface area contributed by atoms with Crippen molar-refractivity contribution in [2.24, 2.45) is 0 Å². The van der Waals surface area contributed by atoms with Crippen LogP contribution in [0.3, 0.4) is 0 Å². The molecule has 11 nitrogen and oxygen atoms in total. The molecule has 4 amide bonds. The number of carbonyl (C=O) groups is 5. The van der Waals surface area contributed by atoms with E-state index < -0.39 is 54.0 Å². The summed E-state index contributed by atoms with van der Waals surface area (Å²) in [7, 11) is 1.22. The van der Waals surface area contributed by atoms with Crippen molar-refractivity contribution < 1.29 is 33.4 Å². The number of hydrogen-bond donors (Lipinski definition) is 4. The summed E-state index contributed by atoms with van der Waals surface area (Å²) in [5, 5.41) is 10.2. The van der Waals surface area contributed by atoms with Crippen LogP contribution in [-0.4, -0.2) is 50.0 Å². The van der Waals surface area contributed by atoms with E-state index in [9.17, 15) is 24.0 Å². The SMILES string of the molecule is COC(=O)[C@](C)(NC(=O)CNC(=O)[C@](C)(NC(=O)CNC(=O)OCc1ccccc1)c1ccc(C)cc1)c1ccc(C)cc1. The molecule has 11 heteroatoms. The molecule has 0 aliphatic rings. The number of hydrogen-bond acceptors (Lipinski definition) is 7. The summed E-state index contributed by atoms with van der Waals surface area (Å²) in [6.07, 6.45) is -0.801. The monoisotopic (exact) mass is 602 g/mol. The van der Waals surface area contributed by atoms with Crippen molar-refractivity contribution in [2.75, 3.05) is 20.2 Å². The second kappa shape index (κ2) is 14.8. The van der Waals surface area contributed by atoms with E-state index in [4.69, 9.17) is 9.47 Å². The third kappa shape index (κ3) is 8.66. The fraction of sp³-hybridized carbons (Fsp3) is 0.303. The summed E-state index contributed by atoms with van der Waals surface area (Å²) < 4.78 is 10.1. The minimum Gasteiger partial charge on any atom is -0.467 e. The van der Waals surface area contributed by atoms with Crippen LogP contribution in [0.1, 0.15) is 41.7 Å². The number of nitrogens with one attached hydrogen (secondary N) is 4. The number of benzene rings is 3. The smallest absolute Gasteiger partial charge is 0.407 e. The Balaban J connectivity index is 1.68. The number of amides is 4. The van der Waals surface area contributed by atoms with E-state index in [2.05, 4.69) is 21.3 Å². The van der Waals surface area contributed by atoms with Crippen molar-refractivity contribution in [3.63, 3.8) is 0 Å². The molecule has 0 aliphatic heterocycles. The van der Waals surface area contributed by atoms with E-state index in [1.165, 1.54) is 21.0 Å². The van der Waals surface area contributed by atoms with Crippen LogP contribution < -0.4 is 21.3 Å². The van der Waals surface area contributed by atoms with Crippen LogP contribution in [0.2, 0.25) is 0 Å². The maximum atomic E-state index is 13.5. The zero-order chi connectivity index (χ0) is 32.3. The van der Waals surface area contributed by atoms with Gasteiger partial charge in [-0.2, -0.15) is 0 Å². The number of aryl methyl sites for hydroxylation is 2. The molecule has 232 valence electrons. The lowest BCUT2D eigenvalue weighted by Gasteiger charge is -2.31. The number of alkyl carbamates (subject to hydrolysis) is 1. The highest BCUT2D eigenvalue weighted by molar-refractivity contribution is 5.96. The fourth-order valence-corrected chi connectivity index (χ4v) is 4.39. The Morgan fingerprint density at radius 2 is 1.14 bits per heavy atom. The maximum absolute atomic E-state index is 13.5. The fourth-order valence-electron chi connectivity index (χ4n) is 4.39. The molecular weight excluding hydrogens is 564 g/mol. The normalized spacial score (nSPS) is 13.3. The molecule has 0 saturated heterocycles. The molecule has 3 aromatic rings. The number of esters is 1. The summed E-state index contributed by atoms with van der Waals surface area (Å²) in [5.74, 6) is -2.70. The standard InChI is InChI=1S/C33H38N4O7/c1-22-11-15-25(16-12-22)32(3,36-28(39)20-35-31(42)44-21-24-9-7-6-8-10-24)29(40)34-19-27(38)37-33(4,30(41)43-5)26-17-13-23(2)14-18-26/h6-18H,19-21H2,1-5H3,(H,34,40)(H,35,42)(H,36,39)(H,37,38)/t32-,33-/m1/s1. The van der Waals surface area contributed by atoms with Crippen molar-refractivity contribution in [3.8, 4) is 0 Å². The van der Waals surface area contributed by atoms with Gasteiger partial charge in [0, 0.05) is 0 Å². The van der Waals surface area contributed by atoms with Crippen molar-refractivity contribution in [1.29, 1.82) is 0 Å². The lowest BCUT2D eigenvalue weighted by molar-refractivity contribution is -0.150. The van der Waals surface area contributed by atoms with Crippen molar-refractivity contribution in [3.05, 3.63) is 107 Å². The summed E-state index contributed by atoms with van der Waals surface area (Å²) in [6, 6.07) is 23.0. The van der Waals surface area contributed by atoms with Crippen LogP contribution in [0.5, 0.6) is 0 Å². The molecule has 2 atom stereocenters. The van der Waals surface area contributed by atoms with Crippen molar-refractivity contribution in [2.45, 2.75) is 45.4 Å². The lowest BCUT2D eigenvalue weighted by atomic mass is 9.90. The molecule has 0 aliphatic carbocycles. The van der Waals surface area contributed by atoms with E-state index in [1.54, 1.807) is 60.7 Å². The zero-order valence-electron chi connectivity index (χ0n) is 25.5. The average molecular weight is 603 g/mol. The Hall–Kier alpha value is -5.19. The van der Waals surface area contributed by atoms with Crippen molar-refractivity contribution >= 4 is 29.8 Å². The molecule has 0 radical (unpaired) electrons. The summed E-state index contributed by atoms with van der Waals surface area (Å²) in [6.45, 7) is 5.83. The molecular formula is C33H38N4O7. The highest BCUT2D eigenvalue weighted by Gasteiger charge is 2.40. The van der Waals surface area contributed by atoms with E-state index in [1.807, 2.05) is 32.0 Å². The molecule has 44 heavy (non-hydrogen) atoms. The van der Waals surface area contributed by atoms with E-state index in [-0.39, 0.29) is 6.61 Å².